The lowest BCUT2D eigenvalue weighted by Gasteiger charge is -2.36. The maximum atomic E-state index is 14.2. The Morgan fingerprint density at radius 1 is 0.865 bits per heavy atom. The average molecular weight is 495 g/mol. The molecule has 0 radical (unpaired) electrons. The minimum atomic E-state index is -0.663. The van der Waals surface area contributed by atoms with Crippen molar-refractivity contribution in [3.8, 4) is 0 Å². The van der Waals surface area contributed by atoms with Gasteiger partial charge >= 0.3 is 0 Å². The van der Waals surface area contributed by atoms with E-state index in [9.17, 15) is 14.0 Å². The first-order valence-corrected chi connectivity index (χ1v) is 12.6. The van der Waals surface area contributed by atoms with Crippen molar-refractivity contribution < 1.29 is 14.0 Å². The molecule has 6 rings (SSSR count). The summed E-state index contributed by atoms with van der Waals surface area (Å²) in [5.41, 5.74) is 4.77. The topological polar surface area (TPSA) is 56.8 Å². The van der Waals surface area contributed by atoms with Gasteiger partial charge in [-0.15, -0.1) is 0 Å². The van der Waals surface area contributed by atoms with E-state index in [1.54, 1.807) is 6.07 Å². The van der Waals surface area contributed by atoms with Crippen molar-refractivity contribution in [1.29, 1.82) is 0 Å². The number of carbonyl (C=O) groups excluding carboxylic acids is 2. The molecule has 2 aliphatic heterocycles. The van der Waals surface area contributed by atoms with E-state index >= 15 is 0 Å². The summed E-state index contributed by atoms with van der Waals surface area (Å²) in [4.78, 5) is 36.3. The van der Waals surface area contributed by atoms with Crippen LogP contribution in [0.5, 0.6) is 0 Å². The molecule has 0 atom stereocenters. The van der Waals surface area contributed by atoms with E-state index in [0.29, 0.717) is 5.69 Å². The van der Waals surface area contributed by atoms with Crippen LogP contribution in [0.1, 0.15) is 32.0 Å². The average Bonchev–Trinajstić information content (AvgIpc) is 3.18. The van der Waals surface area contributed by atoms with Crippen molar-refractivity contribution in [2.24, 2.45) is 0 Å². The summed E-state index contributed by atoms with van der Waals surface area (Å²) >= 11 is 0. The smallest absolute Gasteiger partial charge is 0.269 e. The summed E-state index contributed by atoms with van der Waals surface area (Å²) in [6, 6.07) is 22.1. The summed E-state index contributed by atoms with van der Waals surface area (Å²) in [5, 5.41) is 1.19. The van der Waals surface area contributed by atoms with Crippen LogP contribution < -0.4 is 9.80 Å². The van der Waals surface area contributed by atoms with Crippen molar-refractivity contribution in [3.05, 3.63) is 101 Å². The first-order chi connectivity index (χ1) is 18.0. The number of piperazine rings is 1. The molecule has 0 aliphatic carbocycles. The minimum absolute atomic E-state index is 0.116. The fourth-order valence-corrected chi connectivity index (χ4v) is 5.35. The largest absolute Gasteiger partial charge is 0.368 e. The van der Waals surface area contributed by atoms with Gasteiger partial charge in [-0.25, -0.2) is 9.29 Å². The van der Waals surface area contributed by atoms with Crippen molar-refractivity contribution in [3.63, 3.8) is 0 Å². The number of anilines is 2. The first kappa shape index (κ1) is 23.3. The maximum Gasteiger partial charge on any atom is 0.269 e. The second-order valence-corrected chi connectivity index (χ2v) is 9.65. The zero-order chi connectivity index (χ0) is 25.5. The zero-order valence-electron chi connectivity index (χ0n) is 20.7. The molecule has 1 aromatic heterocycles. The highest BCUT2D eigenvalue weighted by atomic mass is 19.1. The number of pyridine rings is 1. The highest BCUT2D eigenvalue weighted by Gasteiger charge is 2.38. The van der Waals surface area contributed by atoms with Gasteiger partial charge in [0.2, 0.25) is 0 Å². The Morgan fingerprint density at radius 2 is 1.65 bits per heavy atom. The number of amides is 2. The number of hydrogen-bond donors (Lipinski definition) is 0. The molecule has 1 fully saturated rings. The third kappa shape index (κ3) is 4.25. The predicted octanol–water partition coefficient (Wildman–Crippen LogP) is 4.85. The molecule has 4 aromatic rings. The number of nitrogens with zero attached hydrogens (tertiary/aromatic N) is 4. The van der Waals surface area contributed by atoms with Gasteiger partial charge in [-0.3, -0.25) is 19.5 Å². The quantitative estimate of drug-likeness (QED) is 0.372. The van der Waals surface area contributed by atoms with Gasteiger partial charge in [-0.1, -0.05) is 24.3 Å². The maximum absolute atomic E-state index is 14.2. The Morgan fingerprint density at radius 3 is 2.46 bits per heavy atom. The Kier molecular flexibility index (Phi) is 5.93. The van der Waals surface area contributed by atoms with Gasteiger partial charge in [0.25, 0.3) is 11.8 Å². The van der Waals surface area contributed by atoms with Gasteiger partial charge < -0.3 is 4.90 Å². The highest BCUT2D eigenvalue weighted by molar-refractivity contribution is 6.34. The standard InChI is InChI=1S/C30H27FN4O2/c1-20-11-12-23-26(32-20)9-4-10-27(23)34-17-15-33(16-18-34)14-13-21-5-2-6-22(19-21)35-29(36)24-7-3-8-25(31)28(24)30(35)37/h2-12,19H,13-18H2,1H3. The third-order valence-corrected chi connectivity index (χ3v) is 7.31. The van der Waals surface area contributed by atoms with Gasteiger partial charge in [0.1, 0.15) is 5.82 Å². The molecule has 3 heterocycles. The summed E-state index contributed by atoms with van der Waals surface area (Å²) in [6.07, 6.45) is 0.794. The summed E-state index contributed by atoms with van der Waals surface area (Å²) in [7, 11) is 0. The van der Waals surface area contributed by atoms with Crippen LogP contribution in [0.3, 0.4) is 0 Å². The molecular formula is C30H27FN4O2. The lowest BCUT2D eigenvalue weighted by molar-refractivity contribution is 0.0925. The molecule has 6 nitrogen and oxygen atoms in total. The SMILES string of the molecule is Cc1ccc2c(N3CCN(CCc4cccc(N5C(=O)c6cccc(F)c6C5=O)c4)CC3)cccc2n1. The number of carbonyl (C=O) groups is 2. The number of rotatable bonds is 5. The van der Waals surface area contributed by atoms with Crippen LogP contribution in [0.4, 0.5) is 15.8 Å². The molecule has 186 valence electrons. The van der Waals surface area contributed by atoms with Crippen molar-refractivity contribution in [2.75, 3.05) is 42.5 Å². The van der Waals surface area contributed by atoms with Crippen LogP contribution >= 0.6 is 0 Å². The molecule has 1 saturated heterocycles. The zero-order valence-corrected chi connectivity index (χ0v) is 20.7. The molecule has 37 heavy (non-hydrogen) atoms. The van der Waals surface area contributed by atoms with Gasteiger partial charge in [0, 0.05) is 49.5 Å². The Bertz CT molecular complexity index is 1530. The number of aryl methyl sites for hydroxylation is 1. The van der Waals surface area contributed by atoms with Gasteiger partial charge in [0.15, 0.2) is 0 Å². The van der Waals surface area contributed by atoms with Crippen LogP contribution in [-0.4, -0.2) is 54.4 Å². The molecule has 7 heteroatoms. The second kappa shape index (κ2) is 9.41. The fourth-order valence-electron chi connectivity index (χ4n) is 5.35. The number of imide groups is 1. The van der Waals surface area contributed by atoms with Crippen LogP contribution in [0, 0.1) is 12.7 Å². The Balaban J connectivity index is 1.10. The number of hydrogen-bond acceptors (Lipinski definition) is 5. The molecule has 2 aliphatic rings. The van der Waals surface area contributed by atoms with E-state index in [4.69, 9.17) is 0 Å². The van der Waals surface area contributed by atoms with E-state index in [1.807, 2.05) is 25.1 Å². The van der Waals surface area contributed by atoms with Crippen LogP contribution in [-0.2, 0) is 6.42 Å². The van der Waals surface area contributed by atoms with Crippen LogP contribution in [0.25, 0.3) is 10.9 Å². The highest BCUT2D eigenvalue weighted by Crippen LogP contribution is 2.31. The molecule has 0 spiro atoms. The normalized spacial score (nSPS) is 16.1. The van der Waals surface area contributed by atoms with Crippen molar-refractivity contribution in [2.45, 2.75) is 13.3 Å². The van der Waals surface area contributed by atoms with E-state index in [1.165, 1.54) is 29.3 Å². The summed E-state index contributed by atoms with van der Waals surface area (Å²) in [5.74, 6) is -1.75. The summed E-state index contributed by atoms with van der Waals surface area (Å²) < 4.78 is 14.2. The van der Waals surface area contributed by atoms with E-state index in [2.05, 4.69) is 45.1 Å². The fraction of sp³-hybridized carbons (Fsp3) is 0.233. The molecule has 3 aromatic carbocycles. The third-order valence-electron chi connectivity index (χ3n) is 7.31. The lowest BCUT2D eigenvalue weighted by Crippen LogP contribution is -2.47. The Labute approximate surface area is 214 Å². The van der Waals surface area contributed by atoms with Gasteiger partial charge in [-0.2, -0.15) is 0 Å². The molecule has 0 unspecified atom stereocenters. The predicted molar refractivity (Wildman–Crippen MR) is 143 cm³/mol. The number of fused-ring (bicyclic) bond motifs is 2. The first-order valence-electron chi connectivity index (χ1n) is 12.6. The Hall–Kier alpha value is -4.10. The van der Waals surface area contributed by atoms with E-state index in [-0.39, 0.29) is 11.1 Å². The van der Waals surface area contributed by atoms with Crippen LogP contribution in [0.15, 0.2) is 72.8 Å². The van der Waals surface area contributed by atoms with Crippen molar-refractivity contribution >= 4 is 34.1 Å². The molecule has 2 amide bonds. The lowest BCUT2D eigenvalue weighted by atomic mass is 10.1. The monoisotopic (exact) mass is 494 g/mol. The number of aromatic nitrogens is 1. The molecule has 0 N–H and O–H groups in total. The number of benzene rings is 3. The minimum Gasteiger partial charge on any atom is -0.368 e. The van der Waals surface area contributed by atoms with Crippen molar-refractivity contribution in [1.82, 2.24) is 9.88 Å². The van der Waals surface area contributed by atoms with Crippen LogP contribution in [0.2, 0.25) is 0 Å². The molecule has 0 saturated carbocycles. The van der Waals surface area contributed by atoms with E-state index in [0.717, 1.165) is 60.8 Å². The summed E-state index contributed by atoms with van der Waals surface area (Å²) in [6.45, 7) is 6.67. The van der Waals surface area contributed by atoms with Gasteiger partial charge in [-0.05, 0) is 67.4 Å². The number of halogens is 1. The molecule has 0 bridgehead atoms. The second-order valence-electron chi connectivity index (χ2n) is 9.65. The molecular weight excluding hydrogens is 467 g/mol. The van der Waals surface area contributed by atoms with Gasteiger partial charge in [0.05, 0.1) is 22.3 Å². The van der Waals surface area contributed by atoms with E-state index < -0.39 is 17.6 Å².